The van der Waals surface area contributed by atoms with Crippen LogP contribution >= 0.6 is 0 Å². The summed E-state index contributed by atoms with van der Waals surface area (Å²) in [5.74, 6) is -2.98. The van der Waals surface area contributed by atoms with Gasteiger partial charge in [-0.2, -0.15) is 0 Å². The fourth-order valence-electron chi connectivity index (χ4n) is 3.71. The largest absolute Gasteiger partial charge is 0.454 e. The SMILES string of the molecule is C=C[C@]1(C)[C@H](OC(=O)C(=C)C)[C@@H]2OC(=O)C(=C)[C@H]2[C@@H](O)[C@H]1C(=C)C=O. The quantitative estimate of drug-likeness (QED) is 0.351. The van der Waals surface area contributed by atoms with E-state index in [1.165, 1.54) is 13.0 Å². The molecule has 6 heteroatoms. The van der Waals surface area contributed by atoms with Gasteiger partial charge in [-0.15, -0.1) is 6.58 Å². The minimum absolute atomic E-state index is 0.0729. The minimum Gasteiger partial charge on any atom is -0.454 e. The normalized spacial score (nSPS) is 36.8. The highest BCUT2D eigenvalue weighted by atomic mass is 16.6. The van der Waals surface area contributed by atoms with Crippen LogP contribution in [0.3, 0.4) is 0 Å². The van der Waals surface area contributed by atoms with Crippen LogP contribution in [0.25, 0.3) is 0 Å². The third kappa shape index (κ3) is 2.76. The lowest BCUT2D eigenvalue weighted by Gasteiger charge is -2.51. The second-order valence-corrected chi connectivity index (χ2v) is 6.76. The summed E-state index contributed by atoms with van der Waals surface area (Å²) < 4.78 is 10.9. The van der Waals surface area contributed by atoms with E-state index >= 15 is 0 Å². The van der Waals surface area contributed by atoms with Crippen LogP contribution in [-0.2, 0) is 23.9 Å². The van der Waals surface area contributed by atoms with Crippen LogP contribution < -0.4 is 0 Å². The van der Waals surface area contributed by atoms with Crippen molar-refractivity contribution in [3.05, 3.63) is 49.1 Å². The number of fused-ring (bicyclic) bond motifs is 1. The molecule has 1 aliphatic heterocycles. The Labute approximate surface area is 146 Å². The van der Waals surface area contributed by atoms with Gasteiger partial charge in [-0.05, 0) is 12.5 Å². The van der Waals surface area contributed by atoms with Gasteiger partial charge in [0.1, 0.15) is 18.5 Å². The van der Waals surface area contributed by atoms with Crippen molar-refractivity contribution >= 4 is 18.2 Å². The highest BCUT2D eigenvalue weighted by Crippen LogP contribution is 2.53. The number of carbonyl (C=O) groups is 3. The van der Waals surface area contributed by atoms with Crippen LogP contribution in [0.5, 0.6) is 0 Å². The number of rotatable bonds is 5. The standard InChI is InChI=1S/C19H22O6/c1-7-19(6)13(10(4)8-20)14(21)12-11(5)18(23)24-15(12)16(19)25-17(22)9(2)3/h7-8,12-16,21H,1-2,4-5H2,3,6H3/t12-,13+,14+,15+,16+,19-/m0/s1. The van der Waals surface area contributed by atoms with Crippen molar-refractivity contribution in [3.8, 4) is 0 Å². The number of hydrogen-bond acceptors (Lipinski definition) is 6. The molecule has 2 aliphatic rings. The molecule has 6 atom stereocenters. The molecule has 2 rings (SSSR count). The molecule has 0 aromatic heterocycles. The summed E-state index contributed by atoms with van der Waals surface area (Å²) in [4.78, 5) is 35.4. The Morgan fingerprint density at radius 2 is 2.00 bits per heavy atom. The molecule has 0 bridgehead atoms. The minimum atomic E-state index is -1.16. The molecule has 1 saturated carbocycles. The molecule has 1 N–H and O–H groups in total. The van der Waals surface area contributed by atoms with E-state index in [0.717, 1.165) is 0 Å². The van der Waals surface area contributed by atoms with E-state index in [4.69, 9.17) is 9.47 Å². The molecule has 0 radical (unpaired) electrons. The number of aldehydes is 1. The van der Waals surface area contributed by atoms with Crippen LogP contribution in [0.2, 0.25) is 0 Å². The van der Waals surface area contributed by atoms with Gasteiger partial charge < -0.3 is 14.6 Å². The van der Waals surface area contributed by atoms with E-state index in [2.05, 4.69) is 26.3 Å². The maximum atomic E-state index is 12.1. The second-order valence-electron chi connectivity index (χ2n) is 6.76. The number of aliphatic hydroxyl groups is 1. The first-order valence-corrected chi connectivity index (χ1v) is 7.82. The molecule has 25 heavy (non-hydrogen) atoms. The predicted octanol–water partition coefficient (Wildman–Crippen LogP) is 1.51. The van der Waals surface area contributed by atoms with Crippen molar-refractivity contribution in [2.75, 3.05) is 0 Å². The van der Waals surface area contributed by atoms with Crippen molar-refractivity contribution < 1.29 is 29.0 Å². The molecule has 6 nitrogen and oxygen atoms in total. The zero-order valence-corrected chi connectivity index (χ0v) is 14.4. The summed E-state index contributed by atoms with van der Waals surface area (Å²) in [5, 5.41) is 10.8. The number of hydrogen-bond donors (Lipinski definition) is 1. The zero-order valence-electron chi connectivity index (χ0n) is 14.4. The molecule has 0 unspecified atom stereocenters. The van der Waals surface area contributed by atoms with E-state index in [-0.39, 0.29) is 16.7 Å². The molecule has 2 fully saturated rings. The lowest BCUT2D eigenvalue weighted by atomic mass is 9.57. The number of carbonyl (C=O) groups excluding carboxylic acids is 3. The fourth-order valence-corrected chi connectivity index (χ4v) is 3.71. The van der Waals surface area contributed by atoms with Gasteiger partial charge >= 0.3 is 11.9 Å². The molecule has 134 valence electrons. The van der Waals surface area contributed by atoms with Gasteiger partial charge in [0, 0.05) is 22.5 Å². The third-order valence-electron chi connectivity index (χ3n) is 5.13. The Kier molecular flexibility index (Phi) is 4.86. The van der Waals surface area contributed by atoms with Crippen LogP contribution in [0.15, 0.2) is 49.1 Å². The summed E-state index contributed by atoms with van der Waals surface area (Å²) >= 11 is 0. The molecular weight excluding hydrogens is 324 g/mol. The van der Waals surface area contributed by atoms with Crippen molar-refractivity contribution in [2.45, 2.75) is 32.2 Å². The molecule has 0 aromatic carbocycles. The van der Waals surface area contributed by atoms with Crippen LogP contribution in [0.1, 0.15) is 13.8 Å². The highest BCUT2D eigenvalue weighted by Gasteiger charge is 2.63. The smallest absolute Gasteiger partial charge is 0.334 e. The van der Waals surface area contributed by atoms with Gasteiger partial charge in [0.2, 0.25) is 0 Å². The molecule has 0 spiro atoms. The fraction of sp³-hybridized carbons (Fsp3) is 0.421. The van der Waals surface area contributed by atoms with Crippen molar-refractivity contribution in [3.63, 3.8) is 0 Å². The maximum Gasteiger partial charge on any atom is 0.334 e. The zero-order chi connectivity index (χ0) is 19.1. The van der Waals surface area contributed by atoms with Gasteiger partial charge in [-0.25, -0.2) is 9.59 Å². The molecule has 0 amide bonds. The van der Waals surface area contributed by atoms with E-state index < -0.39 is 47.5 Å². The molecule has 0 aromatic rings. The Morgan fingerprint density at radius 3 is 2.48 bits per heavy atom. The Balaban J connectivity index is 2.60. The second kappa shape index (κ2) is 6.44. The first-order chi connectivity index (χ1) is 11.6. The Bertz CT molecular complexity index is 690. The van der Waals surface area contributed by atoms with Crippen LogP contribution in [0, 0.1) is 17.3 Å². The van der Waals surface area contributed by atoms with Crippen LogP contribution in [0.4, 0.5) is 0 Å². The Hall–Kier alpha value is -2.47. The maximum absolute atomic E-state index is 12.1. The van der Waals surface area contributed by atoms with E-state index in [1.54, 1.807) is 6.92 Å². The van der Waals surface area contributed by atoms with Gasteiger partial charge in [0.15, 0.2) is 0 Å². The monoisotopic (exact) mass is 346 g/mol. The topological polar surface area (TPSA) is 89.9 Å². The lowest BCUT2D eigenvalue weighted by Crippen LogP contribution is -2.60. The van der Waals surface area contributed by atoms with Gasteiger partial charge in [-0.3, -0.25) is 4.79 Å². The van der Waals surface area contributed by atoms with Gasteiger partial charge in [0.05, 0.1) is 12.0 Å². The number of ether oxygens (including phenoxy) is 2. The number of esters is 2. The molecule has 1 heterocycles. The molecule has 1 saturated heterocycles. The first-order valence-electron chi connectivity index (χ1n) is 7.82. The number of aliphatic hydroxyl groups excluding tert-OH is 1. The van der Waals surface area contributed by atoms with E-state index in [0.29, 0.717) is 6.29 Å². The summed E-state index contributed by atoms with van der Waals surface area (Å²) in [7, 11) is 0. The highest BCUT2D eigenvalue weighted by molar-refractivity contribution is 5.92. The van der Waals surface area contributed by atoms with Crippen LogP contribution in [-0.4, -0.2) is 41.6 Å². The van der Waals surface area contributed by atoms with E-state index in [1.807, 2.05) is 0 Å². The first kappa shape index (κ1) is 18.9. The third-order valence-corrected chi connectivity index (χ3v) is 5.13. The van der Waals surface area contributed by atoms with E-state index in [9.17, 15) is 19.5 Å². The Morgan fingerprint density at radius 1 is 1.40 bits per heavy atom. The average molecular weight is 346 g/mol. The van der Waals surface area contributed by atoms with Gasteiger partial charge in [0.25, 0.3) is 0 Å². The van der Waals surface area contributed by atoms with Crippen molar-refractivity contribution in [1.82, 2.24) is 0 Å². The predicted molar refractivity (Wildman–Crippen MR) is 90.2 cm³/mol. The summed E-state index contributed by atoms with van der Waals surface area (Å²) in [6, 6.07) is 0. The summed E-state index contributed by atoms with van der Waals surface area (Å²) in [6.45, 7) is 17.9. The van der Waals surface area contributed by atoms with Gasteiger partial charge in [-0.1, -0.05) is 32.7 Å². The summed E-state index contributed by atoms with van der Waals surface area (Å²) in [5.41, 5.74) is -0.738. The summed E-state index contributed by atoms with van der Waals surface area (Å²) in [6.07, 6.45) is -1.06. The van der Waals surface area contributed by atoms with Crippen molar-refractivity contribution in [1.29, 1.82) is 0 Å². The average Bonchev–Trinajstić information content (AvgIpc) is 2.86. The lowest BCUT2D eigenvalue weighted by molar-refractivity contribution is -0.189. The van der Waals surface area contributed by atoms with Crippen molar-refractivity contribution in [2.24, 2.45) is 17.3 Å². The molecular formula is C19H22O6. The molecule has 1 aliphatic carbocycles.